The molecule has 11 aromatic rings. The molecule has 0 aliphatic heterocycles. The van der Waals surface area contributed by atoms with Crippen LogP contribution in [0.3, 0.4) is 0 Å². The van der Waals surface area contributed by atoms with E-state index in [4.69, 9.17) is 4.42 Å². The fraction of sp³-hybridized carbons (Fsp3) is 0. The second kappa shape index (κ2) is 13.6. The van der Waals surface area contributed by atoms with Crippen LogP contribution in [0.2, 0.25) is 0 Å². The lowest BCUT2D eigenvalue weighted by Crippen LogP contribution is -2.10. The van der Waals surface area contributed by atoms with E-state index in [2.05, 4.69) is 222 Å². The normalized spacial score (nSPS) is 11.5. The number of para-hydroxylation sites is 4. The molecule has 3 heteroatoms. The highest BCUT2D eigenvalue weighted by Gasteiger charge is 2.23. The number of nitrogens with zero attached hydrogens (tertiary/aromatic N) is 2. The molecule has 0 spiro atoms. The quantitative estimate of drug-likeness (QED) is 0.163. The third-order valence-electron chi connectivity index (χ3n) is 11.2. The van der Waals surface area contributed by atoms with Crippen LogP contribution in [0.1, 0.15) is 0 Å². The summed E-state index contributed by atoms with van der Waals surface area (Å²) in [6.45, 7) is 0. The maximum atomic E-state index is 6.86. The summed E-state index contributed by atoms with van der Waals surface area (Å²) in [4.78, 5) is 2.35. The van der Waals surface area contributed by atoms with E-state index in [-0.39, 0.29) is 0 Å². The fourth-order valence-electron chi connectivity index (χ4n) is 8.55. The summed E-state index contributed by atoms with van der Waals surface area (Å²) in [6, 6.07) is 77.9. The Labute approximate surface area is 330 Å². The van der Waals surface area contributed by atoms with Gasteiger partial charge in [-0.2, -0.15) is 0 Å². The third kappa shape index (κ3) is 5.60. The van der Waals surface area contributed by atoms with Crippen LogP contribution in [-0.4, -0.2) is 4.57 Å². The maximum Gasteiger partial charge on any atom is 0.145 e. The van der Waals surface area contributed by atoms with E-state index in [0.29, 0.717) is 0 Å². The molecule has 268 valence electrons. The van der Waals surface area contributed by atoms with Crippen molar-refractivity contribution in [3.05, 3.63) is 218 Å². The van der Waals surface area contributed by atoms with Crippen molar-refractivity contribution < 1.29 is 4.42 Å². The number of furan rings is 1. The van der Waals surface area contributed by atoms with Crippen LogP contribution in [-0.2, 0) is 0 Å². The van der Waals surface area contributed by atoms with E-state index >= 15 is 0 Å². The first kappa shape index (κ1) is 32.8. The molecule has 0 aliphatic rings. The van der Waals surface area contributed by atoms with Gasteiger partial charge < -0.3 is 13.9 Å². The van der Waals surface area contributed by atoms with E-state index in [1.165, 1.54) is 44.1 Å². The second-order valence-electron chi connectivity index (χ2n) is 14.5. The van der Waals surface area contributed by atoms with Gasteiger partial charge in [0, 0.05) is 38.8 Å². The van der Waals surface area contributed by atoms with Crippen LogP contribution in [0.4, 0.5) is 17.1 Å². The van der Waals surface area contributed by atoms with Crippen molar-refractivity contribution in [3.8, 4) is 39.1 Å². The van der Waals surface area contributed by atoms with Crippen LogP contribution in [0.5, 0.6) is 0 Å². The van der Waals surface area contributed by atoms with Crippen LogP contribution in [0.25, 0.3) is 82.8 Å². The number of fused-ring (bicyclic) bond motifs is 6. The van der Waals surface area contributed by atoms with Gasteiger partial charge in [0.1, 0.15) is 11.2 Å². The van der Waals surface area contributed by atoms with Crippen LogP contribution >= 0.6 is 0 Å². The summed E-state index contributed by atoms with van der Waals surface area (Å²) in [5.74, 6) is 0. The Bertz CT molecular complexity index is 3180. The van der Waals surface area contributed by atoms with Crippen molar-refractivity contribution in [2.45, 2.75) is 0 Å². The first-order chi connectivity index (χ1) is 28.3. The number of aromatic nitrogens is 1. The Morgan fingerprint density at radius 1 is 0.368 bits per heavy atom. The molecule has 0 radical (unpaired) electrons. The highest BCUT2D eigenvalue weighted by molar-refractivity contribution is 6.17. The standard InChI is InChI=1S/C54H36N2O/c1-3-15-37(16-4-1)39-17-13-18-40(35-39)38-29-31-43(32-30-38)55(42-20-5-2-6-21-42)51-34-33-45(54-53(51)48-25-9-12-28-52(48)57-54)41-19-14-22-44(36-41)56-49-26-10-7-23-46(49)47-24-8-11-27-50(47)56/h1-36H. The molecule has 2 heterocycles. The number of rotatable bonds is 7. The topological polar surface area (TPSA) is 21.3 Å². The van der Waals surface area contributed by atoms with E-state index < -0.39 is 0 Å². The molecule has 3 nitrogen and oxygen atoms in total. The van der Waals surface area contributed by atoms with Gasteiger partial charge in [-0.3, -0.25) is 0 Å². The molecule has 0 aliphatic carbocycles. The molecule has 0 amide bonds. The number of hydrogen-bond acceptors (Lipinski definition) is 2. The van der Waals surface area contributed by atoms with Gasteiger partial charge in [-0.05, 0) is 101 Å². The van der Waals surface area contributed by atoms with E-state index in [9.17, 15) is 0 Å². The second-order valence-corrected chi connectivity index (χ2v) is 14.5. The van der Waals surface area contributed by atoms with Crippen molar-refractivity contribution in [2.24, 2.45) is 0 Å². The first-order valence-corrected chi connectivity index (χ1v) is 19.4. The highest BCUT2D eigenvalue weighted by atomic mass is 16.3. The maximum absolute atomic E-state index is 6.86. The van der Waals surface area contributed by atoms with Crippen molar-refractivity contribution in [2.75, 3.05) is 4.90 Å². The van der Waals surface area contributed by atoms with Gasteiger partial charge in [0.15, 0.2) is 0 Å². The van der Waals surface area contributed by atoms with E-state index in [1.807, 2.05) is 6.07 Å². The van der Waals surface area contributed by atoms with E-state index in [0.717, 1.165) is 55.8 Å². The summed E-state index contributed by atoms with van der Waals surface area (Å²) < 4.78 is 9.23. The van der Waals surface area contributed by atoms with Crippen molar-refractivity contribution in [3.63, 3.8) is 0 Å². The number of anilines is 3. The SMILES string of the molecule is c1ccc(-c2cccc(-c3ccc(N(c4ccccc4)c4ccc(-c5cccc(-n6c7ccccc7c7ccccc76)c5)c5oc6ccccc6c45)cc3)c2)cc1. The summed E-state index contributed by atoms with van der Waals surface area (Å²) in [6.07, 6.45) is 0. The van der Waals surface area contributed by atoms with Gasteiger partial charge in [-0.1, -0.05) is 146 Å². The molecule has 11 rings (SSSR count). The molecule has 0 saturated carbocycles. The first-order valence-electron chi connectivity index (χ1n) is 19.4. The fourth-order valence-corrected chi connectivity index (χ4v) is 8.55. The smallest absolute Gasteiger partial charge is 0.145 e. The molecule has 0 N–H and O–H groups in total. The molecular weight excluding hydrogens is 693 g/mol. The minimum atomic E-state index is 0.862. The lowest BCUT2D eigenvalue weighted by atomic mass is 9.98. The zero-order chi connectivity index (χ0) is 37.7. The summed E-state index contributed by atoms with van der Waals surface area (Å²) in [7, 11) is 0. The minimum absolute atomic E-state index is 0.862. The average molecular weight is 729 g/mol. The molecule has 0 fully saturated rings. The largest absolute Gasteiger partial charge is 0.455 e. The molecule has 0 unspecified atom stereocenters. The van der Waals surface area contributed by atoms with Crippen LogP contribution < -0.4 is 4.90 Å². The average Bonchev–Trinajstić information content (AvgIpc) is 3.84. The lowest BCUT2D eigenvalue weighted by Gasteiger charge is -2.27. The molecule has 57 heavy (non-hydrogen) atoms. The lowest BCUT2D eigenvalue weighted by molar-refractivity contribution is 0.670. The highest BCUT2D eigenvalue weighted by Crippen LogP contribution is 2.46. The Hall–Kier alpha value is -7.62. The zero-order valence-electron chi connectivity index (χ0n) is 31.1. The molecule has 0 bridgehead atoms. The van der Waals surface area contributed by atoms with Crippen molar-refractivity contribution in [1.29, 1.82) is 0 Å². The molecule has 0 saturated heterocycles. The number of benzene rings is 9. The molecular formula is C54H36N2O. The predicted molar refractivity (Wildman–Crippen MR) is 239 cm³/mol. The monoisotopic (exact) mass is 728 g/mol. The summed E-state index contributed by atoms with van der Waals surface area (Å²) >= 11 is 0. The van der Waals surface area contributed by atoms with Gasteiger partial charge in [-0.25, -0.2) is 0 Å². The minimum Gasteiger partial charge on any atom is -0.455 e. The van der Waals surface area contributed by atoms with Gasteiger partial charge in [0.25, 0.3) is 0 Å². The van der Waals surface area contributed by atoms with Crippen molar-refractivity contribution in [1.82, 2.24) is 4.57 Å². The molecule has 2 aromatic heterocycles. The molecule has 9 aromatic carbocycles. The van der Waals surface area contributed by atoms with Gasteiger partial charge >= 0.3 is 0 Å². The van der Waals surface area contributed by atoms with Crippen molar-refractivity contribution >= 4 is 60.8 Å². The van der Waals surface area contributed by atoms with E-state index in [1.54, 1.807) is 0 Å². The number of hydrogen-bond donors (Lipinski definition) is 0. The Morgan fingerprint density at radius 3 is 1.63 bits per heavy atom. The van der Waals surface area contributed by atoms with Gasteiger partial charge in [0.2, 0.25) is 0 Å². The summed E-state index contributed by atoms with van der Waals surface area (Å²) in [5.41, 5.74) is 15.3. The zero-order valence-corrected chi connectivity index (χ0v) is 31.1. The Morgan fingerprint density at radius 2 is 0.912 bits per heavy atom. The van der Waals surface area contributed by atoms with Crippen LogP contribution in [0, 0.1) is 0 Å². The van der Waals surface area contributed by atoms with Crippen LogP contribution in [0.15, 0.2) is 223 Å². The predicted octanol–water partition coefficient (Wildman–Crippen LogP) is 15.2. The van der Waals surface area contributed by atoms with Gasteiger partial charge in [0.05, 0.1) is 22.1 Å². The molecule has 0 atom stereocenters. The Kier molecular flexibility index (Phi) is 7.82. The third-order valence-corrected chi connectivity index (χ3v) is 11.2. The summed E-state index contributed by atoms with van der Waals surface area (Å²) in [5, 5.41) is 4.65. The van der Waals surface area contributed by atoms with Gasteiger partial charge in [-0.15, -0.1) is 0 Å². The Balaban J connectivity index is 1.06.